The Bertz CT molecular complexity index is 706. The van der Waals surface area contributed by atoms with E-state index in [1.54, 1.807) is 31.4 Å². The maximum atomic E-state index is 5.28. The third-order valence-corrected chi connectivity index (χ3v) is 3.69. The zero-order valence-electron chi connectivity index (χ0n) is 11.2. The maximum Gasteiger partial charge on any atom is 0.142 e. The molecule has 0 saturated heterocycles. The first kappa shape index (κ1) is 12.8. The van der Waals surface area contributed by atoms with Gasteiger partial charge in [0.1, 0.15) is 16.5 Å². The summed E-state index contributed by atoms with van der Waals surface area (Å²) in [5.74, 6) is 0.819. The summed E-state index contributed by atoms with van der Waals surface area (Å²) in [6, 6.07) is 7.90. The van der Waals surface area contributed by atoms with Crippen LogP contribution in [-0.2, 0) is 0 Å². The minimum atomic E-state index is 0.819. The van der Waals surface area contributed by atoms with E-state index in [9.17, 15) is 0 Å². The van der Waals surface area contributed by atoms with E-state index in [2.05, 4.69) is 15.2 Å². The lowest BCUT2D eigenvalue weighted by molar-refractivity contribution is 0.415. The number of aromatic amines is 1. The van der Waals surface area contributed by atoms with E-state index in [-0.39, 0.29) is 0 Å². The summed E-state index contributed by atoms with van der Waals surface area (Å²) in [7, 11) is 1.66. The van der Waals surface area contributed by atoms with Crippen LogP contribution in [0, 0.1) is 0 Å². The first-order valence-electron chi connectivity index (χ1n) is 6.08. The molecule has 0 aliphatic rings. The second-order valence-electron chi connectivity index (χ2n) is 4.16. The summed E-state index contributed by atoms with van der Waals surface area (Å²) in [4.78, 5) is 4.11. The molecule has 0 aliphatic carbocycles. The Morgan fingerprint density at radius 3 is 2.95 bits per heavy atom. The SMILES string of the molecule is COc1cccc(-c2[nH]nc(SC)c2-n2ccnc2)c1. The molecule has 6 heteroatoms. The highest BCUT2D eigenvalue weighted by Gasteiger charge is 2.16. The highest BCUT2D eigenvalue weighted by atomic mass is 32.2. The number of methoxy groups -OCH3 is 1. The van der Waals surface area contributed by atoms with Gasteiger partial charge in [-0.05, 0) is 18.4 Å². The zero-order valence-corrected chi connectivity index (χ0v) is 12.0. The van der Waals surface area contributed by atoms with Crippen LogP contribution in [0.2, 0.25) is 0 Å². The van der Waals surface area contributed by atoms with Crippen LogP contribution in [0.25, 0.3) is 16.9 Å². The van der Waals surface area contributed by atoms with Crippen molar-refractivity contribution in [2.75, 3.05) is 13.4 Å². The Labute approximate surface area is 121 Å². The van der Waals surface area contributed by atoms with Crippen molar-refractivity contribution in [3.8, 4) is 22.7 Å². The Morgan fingerprint density at radius 1 is 1.35 bits per heavy atom. The molecule has 0 bridgehead atoms. The first-order valence-corrected chi connectivity index (χ1v) is 7.31. The molecular formula is C14H14N4OS. The van der Waals surface area contributed by atoms with Gasteiger partial charge in [0.15, 0.2) is 0 Å². The molecule has 1 aromatic carbocycles. The predicted molar refractivity (Wildman–Crippen MR) is 79.5 cm³/mol. The average Bonchev–Trinajstić information content (AvgIpc) is 3.15. The topological polar surface area (TPSA) is 55.7 Å². The number of rotatable bonds is 4. The smallest absolute Gasteiger partial charge is 0.142 e. The normalized spacial score (nSPS) is 10.7. The fraction of sp³-hybridized carbons (Fsp3) is 0.143. The first-order chi connectivity index (χ1) is 9.83. The minimum absolute atomic E-state index is 0.819. The number of aromatic nitrogens is 4. The predicted octanol–water partition coefficient (Wildman–Crippen LogP) is 2.99. The molecule has 2 aromatic heterocycles. The van der Waals surface area contributed by atoms with Gasteiger partial charge in [-0.25, -0.2) is 4.98 Å². The van der Waals surface area contributed by atoms with Crippen LogP contribution < -0.4 is 4.74 Å². The minimum Gasteiger partial charge on any atom is -0.497 e. The van der Waals surface area contributed by atoms with Crippen molar-refractivity contribution in [2.24, 2.45) is 0 Å². The van der Waals surface area contributed by atoms with Crippen molar-refractivity contribution in [1.29, 1.82) is 0 Å². The average molecular weight is 286 g/mol. The number of thioether (sulfide) groups is 1. The lowest BCUT2D eigenvalue weighted by Crippen LogP contribution is -1.93. The number of hydrogen-bond donors (Lipinski definition) is 1. The number of benzene rings is 1. The number of H-pyrrole nitrogens is 1. The molecule has 0 aliphatic heterocycles. The van der Waals surface area contributed by atoms with Crippen molar-refractivity contribution >= 4 is 11.8 Å². The van der Waals surface area contributed by atoms with Gasteiger partial charge in [-0.15, -0.1) is 11.8 Å². The Hall–Kier alpha value is -2.21. The Balaban J connectivity index is 2.16. The molecule has 0 radical (unpaired) electrons. The Kier molecular flexibility index (Phi) is 3.47. The third-order valence-electron chi connectivity index (χ3n) is 3.02. The van der Waals surface area contributed by atoms with Crippen LogP contribution in [-0.4, -0.2) is 33.1 Å². The van der Waals surface area contributed by atoms with Gasteiger partial charge in [-0.1, -0.05) is 12.1 Å². The molecule has 3 aromatic rings. The van der Waals surface area contributed by atoms with Crippen molar-refractivity contribution in [2.45, 2.75) is 5.03 Å². The van der Waals surface area contributed by atoms with Crippen molar-refractivity contribution in [3.63, 3.8) is 0 Å². The molecule has 0 amide bonds. The standard InChI is InChI=1S/C14H14N4OS/c1-19-11-5-3-4-10(8-11)12-13(14(20-2)17-16-12)18-7-6-15-9-18/h3-9H,1-2H3,(H,16,17). The summed E-state index contributed by atoms with van der Waals surface area (Å²) in [6.07, 6.45) is 7.45. The largest absolute Gasteiger partial charge is 0.497 e. The summed E-state index contributed by atoms with van der Waals surface area (Å²) < 4.78 is 7.24. The van der Waals surface area contributed by atoms with E-state index in [4.69, 9.17) is 4.74 Å². The van der Waals surface area contributed by atoms with Gasteiger partial charge in [0.2, 0.25) is 0 Å². The van der Waals surface area contributed by atoms with Crippen LogP contribution in [0.4, 0.5) is 0 Å². The number of ether oxygens (including phenoxy) is 1. The summed E-state index contributed by atoms with van der Waals surface area (Å²) in [6.45, 7) is 0. The van der Waals surface area contributed by atoms with Gasteiger partial charge in [0, 0.05) is 18.0 Å². The molecule has 3 rings (SSSR count). The van der Waals surface area contributed by atoms with Gasteiger partial charge in [-0.2, -0.15) is 5.10 Å². The fourth-order valence-electron chi connectivity index (χ4n) is 2.07. The van der Waals surface area contributed by atoms with E-state index < -0.39 is 0 Å². The third kappa shape index (κ3) is 2.18. The van der Waals surface area contributed by atoms with Crippen LogP contribution >= 0.6 is 11.8 Å². The lowest BCUT2D eigenvalue weighted by Gasteiger charge is -2.07. The number of hydrogen-bond acceptors (Lipinski definition) is 4. The summed E-state index contributed by atoms with van der Waals surface area (Å²) >= 11 is 1.60. The molecule has 2 heterocycles. The quantitative estimate of drug-likeness (QED) is 0.749. The van der Waals surface area contributed by atoms with Crippen LogP contribution in [0.5, 0.6) is 5.75 Å². The fourth-order valence-corrected chi connectivity index (χ4v) is 2.61. The summed E-state index contributed by atoms with van der Waals surface area (Å²) in [5.41, 5.74) is 2.98. The second-order valence-corrected chi connectivity index (χ2v) is 4.95. The number of nitrogens with zero attached hydrogens (tertiary/aromatic N) is 3. The van der Waals surface area contributed by atoms with Crippen LogP contribution in [0.15, 0.2) is 48.0 Å². The zero-order chi connectivity index (χ0) is 13.9. The molecule has 0 saturated carbocycles. The number of imidazole rings is 1. The van der Waals surface area contributed by atoms with Crippen molar-refractivity contribution < 1.29 is 4.74 Å². The molecule has 5 nitrogen and oxygen atoms in total. The molecule has 0 fully saturated rings. The van der Waals surface area contributed by atoms with E-state index in [0.717, 1.165) is 27.7 Å². The highest BCUT2D eigenvalue weighted by molar-refractivity contribution is 7.98. The molecule has 102 valence electrons. The second kappa shape index (κ2) is 5.42. The monoisotopic (exact) mass is 286 g/mol. The van der Waals surface area contributed by atoms with Gasteiger partial charge in [0.05, 0.1) is 19.1 Å². The van der Waals surface area contributed by atoms with Gasteiger partial charge >= 0.3 is 0 Å². The molecule has 20 heavy (non-hydrogen) atoms. The molecule has 0 atom stereocenters. The van der Waals surface area contributed by atoms with Crippen LogP contribution in [0.3, 0.4) is 0 Å². The summed E-state index contributed by atoms with van der Waals surface area (Å²) in [5, 5.41) is 8.41. The van der Waals surface area contributed by atoms with E-state index in [0.29, 0.717) is 0 Å². The van der Waals surface area contributed by atoms with E-state index >= 15 is 0 Å². The van der Waals surface area contributed by atoms with Gasteiger partial charge < -0.3 is 9.30 Å². The maximum absolute atomic E-state index is 5.28. The van der Waals surface area contributed by atoms with E-state index in [1.165, 1.54) is 0 Å². The molecule has 0 spiro atoms. The molecule has 1 N–H and O–H groups in total. The van der Waals surface area contributed by atoms with Crippen molar-refractivity contribution in [1.82, 2.24) is 19.7 Å². The highest BCUT2D eigenvalue weighted by Crippen LogP contribution is 2.33. The molecular weight excluding hydrogens is 272 g/mol. The van der Waals surface area contributed by atoms with E-state index in [1.807, 2.05) is 41.3 Å². The van der Waals surface area contributed by atoms with Gasteiger partial charge in [0.25, 0.3) is 0 Å². The van der Waals surface area contributed by atoms with Crippen molar-refractivity contribution in [3.05, 3.63) is 43.0 Å². The number of nitrogens with one attached hydrogen (secondary N) is 1. The molecule has 0 unspecified atom stereocenters. The lowest BCUT2D eigenvalue weighted by atomic mass is 10.1. The van der Waals surface area contributed by atoms with Gasteiger partial charge in [-0.3, -0.25) is 5.10 Å². The Morgan fingerprint density at radius 2 is 2.25 bits per heavy atom. The van der Waals surface area contributed by atoms with Crippen LogP contribution in [0.1, 0.15) is 0 Å².